The first kappa shape index (κ1) is 20.3. The minimum absolute atomic E-state index is 0.153. The highest BCUT2D eigenvalue weighted by molar-refractivity contribution is 5.98. The van der Waals surface area contributed by atoms with E-state index < -0.39 is 5.97 Å². The highest BCUT2D eigenvalue weighted by Gasteiger charge is 2.12. The molecule has 0 atom stereocenters. The van der Waals surface area contributed by atoms with Gasteiger partial charge in [0, 0.05) is 12.1 Å². The smallest absolute Gasteiger partial charge is 0.335 e. The van der Waals surface area contributed by atoms with Gasteiger partial charge in [-0.05, 0) is 59.7 Å². The van der Waals surface area contributed by atoms with Crippen LogP contribution in [0.25, 0.3) is 11.1 Å². The number of carbonyl (C=O) groups is 2. The van der Waals surface area contributed by atoms with Gasteiger partial charge < -0.3 is 10.4 Å². The van der Waals surface area contributed by atoms with E-state index in [4.69, 9.17) is 0 Å². The first-order chi connectivity index (χ1) is 14.0. The van der Waals surface area contributed by atoms with Crippen LogP contribution in [0.1, 0.15) is 44.3 Å². The van der Waals surface area contributed by atoms with Crippen molar-refractivity contribution in [2.24, 2.45) is 0 Å². The summed E-state index contributed by atoms with van der Waals surface area (Å²) >= 11 is 0. The van der Waals surface area contributed by atoms with E-state index in [1.807, 2.05) is 0 Å². The molecular formula is C25H25NO3. The van der Waals surface area contributed by atoms with E-state index in [-0.39, 0.29) is 11.5 Å². The molecule has 4 heteroatoms. The van der Waals surface area contributed by atoms with E-state index in [1.54, 1.807) is 19.1 Å². The second-order valence-corrected chi connectivity index (χ2v) is 7.09. The summed E-state index contributed by atoms with van der Waals surface area (Å²) in [4.78, 5) is 23.5. The van der Waals surface area contributed by atoms with Crippen molar-refractivity contribution in [1.82, 2.24) is 5.32 Å². The molecule has 0 aromatic heterocycles. The topological polar surface area (TPSA) is 66.4 Å². The summed E-state index contributed by atoms with van der Waals surface area (Å²) in [7, 11) is 0. The van der Waals surface area contributed by atoms with Gasteiger partial charge in [-0.15, -0.1) is 0 Å². The Labute approximate surface area is 171 Å². The summed E-state index contributed by atoms with van der Waals surface area (Å²) in [5.74, 6) is -1.29. The molecule has 0 radical (unpaired) electrons. The summed E-state index contributed by atoms with van der Waals surface area (Å²) in [6, 6.07) is 21.6. The fraction of sp³-hybridized carbons (Fsp3) is 0.200. The number of carboxylic acids is 1. The maximum Gasteiger partial charge on any atom is 0.335 e. The van der Waals surface area contributed by atoms with E-state index in [0.29, 0.717) is 24.1 Å². The Morgan fingerprint density at radius 3 is 2.00 bits per heavy atom. The molecule has 0 bridgehead atoms. The normalized spacial score (nSPS) is 10.6. The quantitative estimate of drug-likeness (QED) is 0.606. The molecule has 3 aromatic carbocycles. The van der Waals surface area contributed by atoms with Gasteiger partial charge in [0.25, 0.3) is 5.91 Å². The lowest BCUT2D eigenvalue weighted by molar-refractivity contribution is 0.0696. The molecule has 0 heterocycles. The van der Waals surface area contributed by atoms with Crippen LogP contribution in [-0.4, -0.2) is 23.5 Å². The fourth-order valence-electron chi connectivity index (χ4n) is 3.21. The number of amides is 1. The molecule has 3 aromatic rings. The van der Waals surface area contributed by atoms with Crippen molar-refractivity contribution in [2.75, 3.05) is 6.54 Å². The van der Waals surface area contributed by atoms with Gasteiger partial charge in [-0.1, -0.05) is 61.5 Å². The minimum atomic E-state index is -1.03. The van der Waals surface area contributed by atoms with Crippen molar-refractivity contribution in [1.29, 1.82) is 0 Å². The second kappa shape index (κ2) is 9.20. The Morgan fingerprint density at radius 2 is 1.45 bits per heavy atom. The number of rotatable bonds is 7. The number of carbonyl (C=O) groups excluding carboxylic acids is 1. The number of hydrogen-bond acceptors (Lipinski definition) is 2. The van der Waals surface area contributed by atoms with Gasteiger partial charge in [0.15, 0.2) is 0 Å². The van der Waals surface area contributed by atoms with Crippen LogP contribution in [0, 0.1) is 6.92 Å². The van der Waals surface area contributed by atoms with Crippen molar-refractivity contribution in [2.45, 2.75) is 26.7 Å². The van der Waals surface area contributed by atoms with Gasteiger partial charge in [0.1, 0.15) is 0 Å². The number of carboxylic acid groups (broad SMARTS) is 1. The van der Waals surface area contributed by atoms with Crippen molar-refractivity contribution in [3.05, 3.63) is 94.5 Å². The summed E-state index contributed by atoms with van der Waals surface area (Å²) in [5.41, 5.74) is 5.97. The molecule has 4 nitrogen and oxygen atoms in total. The van der Waals surface area contributed by atoms with E-state index in [2.05, 4.69) is 60.8 Å². The summed E-state index contributed by atoms with van der Waals surface area (Å²) < 4.78 is 0. The van der Waals surface area contributed by atoms with E-state index in [1.165, 1.54) is 22.8 Å². The molecule has 0 aliphatic rings. The van der Waals surface area contributed by atoms with Gasteiger partial charge in [-0.3, -0.25) is 4.79 Å². The molecule has 2 N–H and O–H groups in total. The van der Waals surface area contributed by atoms with Crippen molar-refractivity contribution in [3.8, 4) is 11.1 Å². The lowest BCUT2D eigenvalue weighted by Gasteiger charge is -2.08. The number of nitrogens with one attached hydrogen (secondary N) is 1. The molecule has 148 valence electrons. The molecule has 0 fully saturated rings. The average molecular weight is 387 g/mol. The number of aromatic carboxylic acids is 1. The second-order valence-electron chi connectivity index (χ2n) is 7.09. The van der Waals surface area contributed by atoms with Gasteiger partial charge >= 0.3 is 5.97 Å². The summed E-state index contributed by atoms with van der Waals surface area (Å²) in [6.45, 7) is 4.35. The van der Waals surface area contributed by atoms with Crippen LogP contribution in [0.4, 0.5) is 0 Å². The Bertz CT molecular complexity index is 1010. The average Bonchev–Trinajstić information content (AvgIpc) is 2.74. The SMILES string of the molecule is CCc1ccc(-c2ccc(CCNC(=O)c3ccc(C)c(C(=O)O)c3)cc2)cc1. The minimum Gasteiger partial charge on any atom is -0.478 e. The highest BCUT2D eigenvalue weighted by atomic mass is 16.4. The first-order valence-corrected chi connectivity index (χ1v) is 9.78. The molecule has 0 saturated carbocycles. The van der Waals surface area contributed by atoms with E-state index >= 15 is 0 Å². The highest BCUT2D eigenvalue weighted by Crippen LogP contribution is 2.20. The monoisotopic (exact) mass is 387 g/mol. The van der Waals surface area contributed by atoms with Crippen LogP contribution in [0.2, 0.25) is 0 Å². The van der Waals surface area contributed by atoms with Crippen LogP contribution >= 0.6 is 0 Å². The third kappa shape index (κ3) is 5.11. The third-order valence-corrected chi connectivity index (χ3v) is 5.08. The molecular weight excluding hydrogens is 362 g/mol. The zero-order chi connectivity index (χ0) is 20.8. The van der Waals surface area contributed by atoms with Gasteiger partial charge in [-0.2, -0.15) is 0 Å². The maximum atomic E-state index is 12.3. The predicted octanol–water partition coefficient (Wildman–Crippen LogP) is 4.90. The van der Waals surface area contributed by atoms with Crippen molar-refractivity contribution in [3.63, 3.8) is 0 Å². The zero-order valence-electron chi connectivity index (χ0n) is 16.7. The molecule has 0 spiro atoms. The van der Waals surface area contributed by atoms with Gasteiger partial charge in [0.2, 0.25) is 0 Å². The fourth-order valence-corrected chi connectivity index (χ4v) is 3.21. The molecule has 0 unspecified atom stereocenters. The molecule has 0 aliphatic carbocycles. The van der Waals surface area contributed by atoms with Crippen LogP contribution in [-0.2, 0) is 12.8 Å². The molecule has 1 amide bonds. The Kier molecular flexibility index (Phi) is 6.45. The maximum absolute atomic E-state index is 12.3. The first-order valence-electron chi connectivity index (χ1n) is 9.78. The largest absolute Gasteiger partial charge is 0.478 e. The molecule has 3 rings (SSSR count). The van der Waals surface area contributed by atoms with Gasteiger partial charge in [-0.25, -0.2) is 4.79 Å². The Balaban J connectivity index is 1.57. The van der Waals surface area contributed by atoms with Crippen molar-refractivity contribution >= 4 is 11.9 Å². The summed E-state index contributed by atoms with van der Waals surface area (Å²) in [5, 5.41) is 12.1. The standard InChI is InChI=1S/C25H25NO3/c1-3-18-5-10-20(11-6-18)21-12-7-19(8-13-21)14-15-26-24(27)22-9-4-17(2)23(16-22)25(28)29/h4-13,16H,3,14-15H2,1-2H3,(H,26,27)(H,28,29). The van der Waals surface area contributed by atoms with E-state index in [9.17, 15) is 14.7 Å². The Hall–Kier alpha value is -3.40. The summed E-state index contributed by atoms with van der Waals surface area (Å²) in [6.07, 6.45) is 1.74. The van der Waals surface area contributed by atoms with E-state index in [0.717, 1.165) is 12.0 Å². The number of benzene rings is 3. The van der Waals surface area contributed by atoms with Crippen LogP contribution in [0.5, 0.6) is 0 Å². The Morgan fingerprint density at radius 1 is 0.862 bits per heavy atom. The van der Waals surface area contributed by atoms with Crippen LogP contribution in [0.3, 0.4) is 0 Å². The molecule has 29 heavy (non-hydrogen) atoms. The van der Waals surface area contributed by atoms with Gasteiger partial charge in [0.05, 0.1) is 5.56 Å². The number of aryl methyl sites for hydroxylation is 2. The lowest BCUT2D eigenvalue weighted by Crippen LogP contribution is -2.26. The number of hydrogen-bond donors (Lipinski definition) is 2. The molecule has 0 saturated heterocycles. The zero-order valence-corrected chi connectivity index (χ0v) is 16.7. The predicted molar refractivity (Wildman–Crippen MR) is 115 cm³/mol. The lowest BCUT2D eigenvalue weighted by atomic mass is 10.0. The van der Waals surface area contributed by atoms with Crippen molar-refractivity contribution < 1.29 is 14.7 Å². The molecule has 0 aliphatic heterocycles. The third-order valence-electron chi connectivity index (χ3n) is 5.08. The van der Waals surface area contributed by atoms with Crippen LogP contribution in [0.15, 0.2) is 66.7 Å². The van der Waals surface area contributed by atoms with Crippen LogP contribution < -0.4 is 5.32 Å².